The Morgan fingerprint density at radius 1 is 1.32 bits per heavy atom. The highest BCUT2D eigenvalue weighted by atomic mass is 19.1. The van der Waals surface area contributed by atoms with Crippen LogP contribution in [0.1, 0.15) is 12.0 Å². The van der Waals surface area contributed by atoms with E-state index in [1.54, 1.807) is 0 Å². The number of oxime groups is 1. The van der Waals surface area contributed by atoms with E-state index in [-0.39, 0.29) is 24.3 Å². The number of hydrogen-bond acceptors (Lipinski definition) is 5. The van der Waals surface area contributed by atoms with Crippen LogP contribution in [0.4, 0.5) is 8.78 Å². The molecular weight excluding hydrogens is 294 g/mol. The molecule has 2 aliphatic heterocycles. The molecule has 0 amide bonds. The monoisotopic (exact) mass is 310 g/mol. The van der Waals surface area contributed by atoms with Crippen molar-refractivity contribution in [2.45, 2.75) is 12.5 Å². The summed E-state index contributed by atoms with van der Waals surface area (Å²) in [6, 6.07) is 3.26. The maximum absolute atomic E-state index is 13.7. The SMILES string of the molecule is O=C(CN1CCOCC1)[C@H]1CC(c2ccc(F)cc2F)=NO1. The van der Waals surface area contributed by atoms with Crippen molar-refractivity contribution in [3.05, 3.63) is 35.4 Å². The Morgan fingerprint density at radius 3 is 2.82 bits per heavy atom. The van der Waals surface area contributed by atoms with Crippen molar-refractivity contribution >= 4 is 11.5 Å². The summed E-state index contributed by atoms with van der Waals surface area (Å²) < 4.78 is 31.9. The first-order valence-corrected chi connectivity index (χ1v) is 7.14. The van der Waals surface area contributed by atoms with Crippen LogP contribution in [0.15, 0.2) is 23.4 Å². The summed E-state index contributed by atoms with van der Waals surface area (Å²) in [4.78, 5) is 19.3. The third-order valence-electron chi connectivity index (χ3n) is 3.75. The molecule has 5 nitrogen and oxygen atoms in total. The number of ether oxygens (including phenoxy) is 1. The fourth-order valence-electron chi connectivity index (χ4n) is 2.51. The van der Waals surface area contributed by atoms with Gasteiger partial charge in [0, 0.05) is 31.1 Å². The van der Waals surface area contributed by atoms with Gasteiger partial charge >= 0.3 is 0 Å². The molecule has 1 fully saturated rings. The molecule has 1 aromatic carbocycles. The zero-order valence-corrected chi connectivity index (χ0v) is 11.9. The van der Waals surface area contributed by atoms with Crippen LogP contribution in [0.2, 0.25) is 0 Å². The minimum Gasteiger partial charge on any atom is -0.384 e. The summed E-state index contributed by atoms with van der Waals surface area (Å²) in [6.07, 6.45) is -0.506. The van der Waals surface area contributed by atoms with Crippen LogP contribution in [-0.2, 0) is 14.4 Å². The van der Waals surface area contributed by atoms with E-state index in [9.17, 15) is 13.6 Å². The Hall–Kier alpha value is -1.86. The summed E-state index contributed by atoms with van der Waals surface area (Å²) in [5, 5.41) is 3.78. The first-order chi connectivity index (χ1) is 10.6. The topological polar surface area (TPSA) is 51.1 Å². The number of nitrogens with zero attached hydrogens (tertiary/aromatic N) is 2. The van der Waals surface area contributed by atoms with E-state index in [4.69, 9.17) is 9.57 Å². The van der Waals surface area contributed by atoms with E-state index in [2.05, 4.69) is 5.16 Å². The summed E-state index contributed by atoms with van der Waals surface area (Å²) in [6.45, 7) is 2.91. The molecular formula is C15H16F2N2O3. The van der Waals surface area contributed by atoms with Crippen molar-refractivity contribution in [1.82, 2.24) is 4.90 Å². The zero-order chi connectivity index (χ0) is 15.5. The van der Waals surface area contributed by atoms with Crippen molar-refractivity contribution in [3.8, 4) is 0 Å². The molecule has 1 atom stereocenters. The third-order valence-corrected chi connectivity index (χ3v) is 3.75. The predicted molar refractivity (Wildman–Crippen MR) is 74.7 cm³/mol. The van der Waals surface area contributed by atoms with Gasteiger partial charge in [0.15, 0.2) is 11.9 Å². The molecule has 0 unspecified atom stereocenters. The van der Waals surface area contributed by atoms with E-state index in [0.29, 0.717) is 32.0 Å². The molecule has 118 valence electrons. The van der Waals surface area contributed by atoms with Crippen LogP contribution >= 0.6 is 0 Å². The largest absolute Gasteiger partial charge is 0.384 e. The molecule has 0 bridgehead atoms. The van der Waals surface area contributed by atoms with Gasteiger partial charge in [0.2, 0.25) is 0 Å². The van der Waals surface area contributed by atoms with Crippen LogP contribution in [-0.4, -0.2) is 55.3 Å². The molecule has 2 aliphatic rings. The lowest BCUT2D eigenvalue weighted by molar-refractivity contribution is -0.131. The number of carbonyl (C=O) groups is 1. The maximum Gasteiger partial charge on any atom is 0.192 e. The van der Waals surface area contributed by atoms with Crippen molar-refractivity contribution in [3.63, 3.8) is 0 Å². The first-order valence-electron chi connectivity index (χ1n) is 7.14. The molecule has 1 aromatic rings. The average molecular weight is 310 g/mol. The molecule has 7 heteroatoms. The number of halogens is 2. The Kier molecular flexibility index (Phi) is 4.44. The molecule has 0 spiro atoms. The summed E-state index contributed by atoms with van der Waals surface area (Å²) in [5.74, 6) is -1.45. The average Bonchev–Trinajstić information content (AvgIpc) is 2.98. The highest BCUT2D eigenvalue weighted by Crippen LogP contribution is 2.20. The molecule has 0 saturated carbocycles. The fraction of sp³-hybridized carbons (Fsp3) is 0.467. The van der Waals surface area contributed by atoms with Gasteiger partial charge in [-0.2, -0.15) is 0 Å². The lowest BCUT2D eigenvalue weighted by atomic mass is 10.0. The van der Waals surface area contributed by atoms with Crippen molar-refractivity contribution in [1.29, 1.82) is 0 Å². The first kappa shape index (κ1) is 15.1. The number of morpholine rings is 1. The minimum atomic E-state index is -0.706. The fourth-order valence-corrected chi connectivity index (χ4v) is 2.51. The van der Waals surface area contributed by atoms with Crippen LogP contribution in [0.5, 0.6) is 0 Å². The Bertz CT molecular complexity index is 600. The van der Waals surface area contributed by atoms with Crippen LogP contribution in [0.25, 0.3) is 0 Å². The van der Waals surface area contributed by atoms with Gasteiger partial charge in [-0.05, 0) is 12.1 Å². The third kappa shape index (κ3) is 3.31. The molecule has 1 saturated heterocycles. The van der Waals surface area contributed by atoms with Gasteiger partial charge < -0.3 is 9.57 Å². The van der Waals surface area contributed by atoms with Crippen molar-refractivity contribution in [2.24, 2.45) is 5.16 Å². The maximum atomic E-state index is 13.7. The molecule has 0 N–H and O–H groups in total. The second-order valence-electron chi connectivity index (χ2n) is 5.32. The molecule has 3 rings (SSSR count). The number of ketones is 1. The van der Waals surface area contributed by atoms with Gasteiger partial charge in [-0.1, -0.05) is 5.16 Å². The predicted octanol–water partition coefficient (Wildman–Crippen LogP) is 1.36. The number of benzene rings is 1. The van der Waals surface area contributed by atoms with Gasteiger partial charge in [-0.15, -0.1) is 0 Å². The normalized spacial score (nSPS) is 22.3. The van der Waals surface area contributed by atoms with Crippen molar-refractivity contribution < 1.29 is 23.1 Å². The quantitative estimate of drug-likeness (QED) is 0.842. The van der Waals surface area contributed by atoms with Crippen LogP contribution in [0.3, 0.4) is 0 Å². The smallest absolute Gasteiger partial charge is 0.192 e. The molecule has 0 radical (unpaired) electrons. The molecule has 0 aliphatic carbocycles. The van der Waals surface area contributed by atoms with Gasteiger partial charge in [-0.25, -0.2) is 8.78 Å². The van der Waals surface area contributed by atoms with Crippen molar-refractivity contribution in [2.75, 3.05) is 32.8 Å². The molecule has 2 heterocycles. The molecule has 0 aromatic heterocycles. The second kappa shape index (κ2) is 6.50. The summed E-state index contributed by atoms with van der Waals surface area (Å²) in [5.41, 5.74) is 0.501. The Morgan fingerprint density at radius 2 is 2.09 bits per heavy atom. The van der Waals surface area contributed by atoms with E-state index < -0.39 is 17.7 Å². The number of Topliss-reactive ketones (excluding diaryl/α,β-unsaturated/α-hetero) is 1. The van der Waals surface area contributed by atoms with Gasteiger partial charge in [-0.3, -0.25) is 9.69 Å². The van der Waals surface area contributed by atoms with E-state index in [0.717, 1.165) is 12.1 Å². The summed E-state index contributed by atoms with van der Waals surface area (Å²) >= 11 is 0. The van der Waals surface area contributed by atoms with E-state index in [1.807, 2.05) is 4.90 Å². The van der Waals surface area contributed by atoms with E-state index in [1.165, 1.54) is 6.07 Å². The zero-order valence-electron chi connectivity index (χ0n) is 11.9. The van der Waals surface area contributed by atoms with Gasteiger partial charge in [0.05, 0.1) is 25.5 Å². The number of rotatable bonds is 4. The van der Waals surface area contributed by atoms with E-state index >= 15 is 0 Å². The Balaban J connectivity index is 1.60. The lowest BCUT2D eigenvalue weighted by Crippen LogP contribution is -2.42. The van der Waals surface area contributed by atoms with Gasteiger partial charge in [0.1, 0.15) is 11.6 Å². The number of carbonyl (C=O) groups excluding carboxylic acids is 1. The molecule has 22 heavy (non-hydrogen) atoms. The second-order valence-corrected chi connectivity index (χ2v) is 5.32. The Labute approximate surface area is 126 Å². The van der Waals surface area contributed by atoms with Crippen LogP contribution in [0, 0.1) is 11.6 Å². The highest BCUT2D eigenvalue weighted by molar-refractivity contribution is 6.04. The standard InChI is InChI=1S/C15H16F2N2O3/c16-10-1-2-11(12(17)7-10)13-8-15(22-18-13)14(20)9-19-3-5-21-6-4-19/h1-2,7,15H,3-6,8-9H2/t15-/m1/s1. The minimum absolute atomic E-state index is 0.0943. The number of hydrogen-bond donors (Lipinski definition) is 0. The van der Waals surface area contributed by atoms with Gasteiger partial charge in [0.25, 0.3) is 0 Å². The van der Waals surface area contributed by atoms with Crippen LogP contribution < -0.4 is 0 Å². The summed E-state index contributed by atoms with van der Waals surface area (Å²) in [7, 11) is 0. The lowest BCUT2D eigenvalue weighted by Gasteiger charge is -2.26. The highest BCUT2D eigenvalue weighted by Gasteiger charge is 2.31.